The maximum absolute atomic E-state index is 11.5. The predicted octanol–water partition coefficient (Wildman–Crippen LogP) is 3.17. The second kappa shape index (κ2) is 5.19. The average molecular weight is 240 g/mol. The van der Waals surface area contributed by atoms with Gasteiger partial charge in [0.15, 0.2) is 0 Å². The maximum atomic E-state index is 11.5. The Kier molecular flexibility index (Phi) is 4.34. The minimum atomic E-state index is -0.368. The molecule has 1 heterocycles. The molecule has 0 N–H and O–H groups in total. The highest BCUT2D eigenvalue weighted by Gasteiger charge is 2.39. The van der Waals surface area contributed by atoms with E-state index in [1.54, 1.807) is 0 Å². The quantitative estimate of drug-likeness (QED) is 0.547. The van der Waals surface area contributed by atoms with Crippen LogP contribution in [0.3, 0.4) is 0 Å². The molecule has 0 saturated carbocycles. The van der Waals surface area contributed by atoms with Gasteiger partial charge in [-0.1, -0.05) is 34.6 Å². The normalized spacial score (nSPS) is 23.1. The molecule has 3 heteroatoms. The summed E-state index contributed by atoms with van der Waals surface area (Å²) < 4.78 is 4.60. The van der Waals surface area contributed by atoms with Crippen LogP contribution in [0, 0.1) is 23.2 Å². The number of ether oxygens (including phenoxy) is 1. The SMILES string of the molecule is CC(C)CC(C)C(C)(C)CC1CC(=O)OC1=O. The molecule has 0 radical (unpaired) electrons. The third-order valence-electron chi connectivity index (χ3n) is 3.89. The summed E-state index contributed by atoms with van der Waals surface area (Å²) in [6.07, 6.45) is 2.14. The van der Waals surface area contributed by atoms with Crippen molar-refractivity contribution in [1.29, 1.82) is 0 Å². The Balaban J connectivity index is 2.59. The Morgan fingerprint density at radius 3 is 2.29 bits per heavy atom. The van der Waals surface area contributed by atoms with Crippen LogP contribution in [0.1, 0.15) is 53.9 Å². The Bertz CT molecular complexity index is 305. The molecule has 2 unspecified atom stereocenters. The van der Waals surface area contributed by atoms with Gasteiger partial charge in [0.25, 0.3) is 0 Å². The van der Waals surface area contributed by atoms with Crippen molar-refractivity contribution in [3.8, 4) is 0 Å². The topological polar surface area (TPSA) is 43.4 Å². The lowest BCUT2D eigenvalue weighted by Gasteiger charge is -2.34. The lowest BCUT2D eigenvalue weighted by molar-refractivity contribution is -0.153. The van der Waals surface area contributed by atoms with Crippen LogP contribution in [0.15, 0.2) is 0 Å². The van der Waals surface area contributed by atoms with Crippen molar-refractivity contribution in [2.24, 2.45) is 23.2 Å². The Morgan fingerprint density at radius 1 is 1.29 bits per heavy atom. The third-order valence-corrected chi connectivity index (χ3v) is 3.89. The molecule has 1 aliphatic rings. The number of hydrogen-bond acceptors (Lipinski definition) is 3. The van der Waals surface area contributed by atoms with Crippen molar-refractivity contribution >= 4 is 11.9 Å². The highest BCUT2D eigenvalue weighted by Crippen LogP contribution is 2.39. The molecule has 98 valence electrons. The summed E-state index contributed by atoms with van der Waals surface area (Å²) in [7, 11) is 0. The number of rotatable bonds is 5. The number of hydrogen-bond donors (Lipinski definition) is 0. The standard InChI is InChI=1S/C14H24O3/c1-9(2)6-10(3)14(4,5)8-11-7-12(15)17-13(11)16/h9-11H,6-8H2,1-5H3. The van der Waals surface area contributed by atoms with Crippen LogP contribution < -0.4 is 0 Å². The van der Waals surface area contributed by atoms with Crippen LogP contribution in [0.4, 0.5) is 0 Å². The molecule has 0 spiro atoms. The fraction of sp³-hybridized carbons (Fsp3) is 0.857. The Labute approximate surface area is 104 Å². The van der Waals surface area contributed by atoms with E-state index in [0.29, 0.717) is 11.8 Å². The molecule has 1 fully saturated rings. The number of esters is 2. The van der Waals surface area contributed by atoms with E-state index in [9.17, 15) is 9.59 Å². The van der Waals surface area contributed by atoms with Crippen molar-refractivity contribution in [1.82, 2.24) is 0 Å². The molecule has 0 aromatic rings. The van der Waals surface area contributed by atoms with Crippen molar-refractivity contribution in [2.45, 2.75) is 53.9 Å². The molecule has 3 nitrogen and oxygen atoms in total. The molecule has 0 amide bonds. The monoisotopic (exact) mass is 240 g/mol. The lowest BCUT2D eigenvalue weighted by atomic mass is 9.70. The van der Waals surface area contributed by atoms with Gasteiger partial charge >= 0.3 is 11.9 Å². The first kappa shape index (κ1) is 14.2. The van der Waals surface area contributed by atoms with E-state index >= 15 is 0 Å². The van der Waals surface area contributed by atoms with Gasteiger partial charge in [-0.3, -0.25) is 9.59 Å². The van der Waals surface area contributed by atoms with Gasteiger partial charge in [0.1, 0.15) is 0 Å². The maximum Gasteiger partial charge on any atom is 0.317 e. The van der Waals surface area contributed by atoms with Gasteiger partial charge in [-0.2, -0.15) is 0 Å². The van der Waals surface area contributed by atoms with Gasteiger partial charge in [0.05, 0.1) is 12.3 Å². The molecule has 17 heavy (non-hydrogen) atoms. The molecule has 0 bridgehead atoms. The van der Waals surface area contributed by atoms with E-state index in [0.717, 1.165) is 12.8 Å². The molecule has 0 aromatic heterocycles. The summed E-state index contributed by atoms with van der Waals surface area (Å²) in [5.41, 5.74) is 0.0680. The molecule has 0 aliphatic carbocycles. The number of cyclic esters (lactones) is 2. The van der Waals surface area contributed by atoms with Crippen molar-refractivity contribution in [3.63, 3.8) is 0 Å². The van der Waals surface area contributed by atoms with Gasteiger partial charge in [0.2, 0.25) is 0 Å². The molecule has 0 aromatic carbocycles. The Hall–Kier alpha value is -0.860. The zero-order valence-electron chi connectivity index (χ0n) is 11.6. The van der Waals surface area contributed by atoms with Gasteiger partial charge in [0, 0.05) is 0 Å². The lowest BCUT2D eigenvalue weighted by Crippen LogP contribution is -2.27. The average Bonchev–Trinajstić information content (AvgIpc) is 2.43. The summed E-state index contributed by atoms with van der Waals surface area (Å²) in [6, 6.07) is 0. The van der Waals surface area contributed by atoms with E-state index in [1.807, 2.05) is 0 Å². The van der Waals surface area contributed by atoms with E-state index in [2.05, 4.69) is 39.4 Å². The predicted molar refractivity (Wildman–Crippen MR) is 66.2 cm³/mol. The summed E-state index contributed by atoms with van der Waals surface area (Å²) in [5, 5.41) is 0. The van der Waals surface area contributed by atoms with Crippen LogP contribution in [0.25, 0.3) is 0 Å². The zero-order chi connectivity index (χ0) is 13.2. The summed E-state index contributed by atoms with van der Waals surface area (Å²) >= 11 is 0. The molecule has 1 aliphatic heterocycles. The molecular weight excluding hydrogens is 216 g/mol. The first-order valence-electron chi connectivity index (χ1n) is 6.47. The molecular formula is C14H24O3. The van der Waals surface area contributed by atoms with E-state index in [4.69, 9.17) is 0 Å². The summed E-state index contributed by atoms with van der Waals surface area (Å²) in [6.45, 7) is 11.0. The second-order valence-electron chi connectivity index (χ2n) is 6.42. The first-order chi connectivity index (χ1) is 7.72. The van der Waals surface area contributed by atoms with Crippen molar-refractivity contribution in [3.05, 3.63) is 0 Å². The number of carbonyl (C=O) groups is 2. The number of carbonyl (C=O) groups excluding carboxylic acids is 2. The van der Waals surface area contributed by atoms with Gasteiger partial charge in [-0.15, -0.1) is 0 Å². The van der Waals surface area contributed by atoms with E-state index < -0.39 is 0 Å². The van der Waals surface area contributed by atoms with E-state index in [1.165, 1.54) is 0 Å². The Morgan fingerprint density at radius 2 is 1.88 bits per heavy atom. The minimum absolute atomic E-state index is 0.0680. The fourth-order valence-corrected chi connectivity index (χ4v) is 2.54. The first-order valence-corrected chi connectivity index (χ1v) is 6.47. The smallest absolute Gasteiger partial charge is 0.317 e. The van der Waals surface area contributed by atoms with Crippen molar-refractivity contribution in [2.75, 3.05) is 0 Å². The zero-order valence-corrected chi connectivity index (χ0v) is 11.6. The highest BCUT2D eigenvalue weighted by molar-refractivity contribution is 5.94. The van der Waals surface area contributed by atoms with Crippen LogP contribution >= 0.6 is 0 Å². The minimum Gasteiger partial charge on any atom is -0.393 e. The largest absolute Gasteiger partial charge is 0.393 e. The van der Waals surface area contributed by atoms with Crippen LogP contribution in [0.2, 0.25) is 0 Å². The molecule has 1 rings (SSSR count). The van der Waals surface area contributed by atoms with Gasteiger partial charge in [-0.25, -0.2) is 0 Å². The van der Waals surface area contributed by atoms with E-state index in [-0.39, 0.29) is 29.7 Å². The molecule has 1 saturated heterocycles. The van der Waals surface area contributed by atoms with Crippen LogP contribution in [0.5, 0.6) is 0 Å². The van der Waals surface area contributed by atoms with Crippen LogP contribution in [-0.4, -0.2) is 11.9 Å². The van der Waals surface area contributed by atoms with Gasteiger partial charge in [-0.05, 0) is 30.1 Å². The fourth-order valence-electron chi connectivity index (χ4n) is 2.54. The second-order valence-corrected chi connectivity index (χ2v) is 6.42. The third kappa shape index (κ3) is 3.83. The van der Waals surface area contributed by atoms with Crippen molar-refractivity contribution < 1.29 is 14.3 Å². The summed E-state index contributed by atoms with van der Waals surface area (Å²) in [5.74, 6) is 0.256. The highest BCUT2D eigenvalue weighted by atomic mass is 16.6. The van der Waals surface area contributed by atoms with Gasteiger partial charge < -0.3 is 4.74 Å². The van der Waals surface area contributed by atoms with Crippen LogP contribution in [-0.2, 0) is 14.3 Å². The summed E-state index contributed by atoms with van der Waals surface area (Å²) in [4.78, 5) is 22.5. The molecule has 2 atom stereocenters.